The molecular formula is C17H23N6O8P. The van der Waals surface area contributed by atoms with Gasteiger partial charge in [0, 0.05) is 6.42 Å². The maximum Gasteiger partial charge on any atom is 0.365 e. The summed E-state index contributed by atoms with van der Waals surface area (Å²) in [5, 5.41) is 19.4. The third-order valence-electron chi connectivity index (χ3n) is 4.40. The van der Waals surface area contributed by atoms with Gasteiger partial charge in [0.15, 0.2) is 11.5 Å². The molecule has 1 unspecified atom stereocenters. The monoisotopic (exact) mass is 470 g/mol. The molecule has 0 spiro atoms. The van der Waals surface area contributed by atoms with Crippen molar-refractivity contribution in [1.29, 1.82) is 5.26 Å². The summed E-state index contributed by atoms with van der Waals surface area (Å²) < 4.78 is 29.1. The predicted molar refractivity (Wildman–Crippen MR) is 107 cm³/mol. The van der Waals surface area contributed by atoms with E-state index in [9.17, 15) is 24.3 Å². The second-order valence-corrected chi connectivity index (χ2v) is 9.76. The topological polar surface area (TPSA) is 216 Å². The highest BCUT2D eigenvalue weighted by Gasteiger charge is 2.43. The molecule has 174 valence electrons. The first-order valence-corrected chi connectivity index (χ1v) is 11.1. The van der Waals surface area contributed by atoms with Crippen LogP contribution in [0.1, 0.15) is 39.2 Å². The van der Waals surface area contributed by atoms with Gasteiger partial charge in [-0.25, -0.2) is 9.78 Å². The van der Waals surface area contributed by atoms with Gasteiger partial charge in [0.25, 0.3) is 5.85 Å². The Kier molecular flexibility index (Phi) is 6.52. The highest BCUT2D eigenvalue weighted by Crippen LogP contribution is 2.43. The van der Waals surface area contributed by atoms with Crippen LogP contribution in [-0.2, 0) is 23.6 Å². The van der Waals surface area contributed by atoms with Gasteiger partial charge in [-0.15, -0.1) is 0 Å². The van der Waals surface area contributed by atoms with Gasteiger partial charge in [0.1, 0.15) is 29.5 Å². The van der Waals surface area contributed by atoms with Crippen LogP contribution in [0.2, 0.25) is 0 Å². The Morgan fingerprint density at radius 2 is 2.16 bits per heavy atom. The van der Waals surface area contributed by atoms with Crippen LogP contribution in [0.25, 0.3) is 11.2 Å². The summed E-state index contributed by atoms with van der Waals surface area (Å²) in [4.78, 5) is 43.1. The molecule has 2 aromatic heterocycles. The number of fused-ring (bicyclic) bond motifs is 1. The fourth-order valence-corrected chi connectivity index (χ4v) is 3.68. The van der Waals surface area contributed by atoms with Crippen molar-refractivity contribution in [3.05, 3.63) is 12.2 Å². The molecular weight excluding hydrogens is 447 g/mol. The average molecular weight is 470 g/mol. The van der Waals surface area contributed by atoms with Crippen molar-refractivity contribution in [2.75, 3.05) is 12.3 Å². The minimum absolute atomic E-state index is 0.00516. The number of hydrogen-bond acceptors (Lipinski definition) is 11. The molecule has 1 saturated heterocycles. The number of nitrogens with two attached hydrogens (primary N) is 1. The minimum atomic E-state index is -5.02. The number of aliphatic hydroxyl groups is 1. The van der Waals surface area contributed by atoms with E-state index < -0.39 is 50.1 Å². The number of anilines is 1. The summed E-state index contributed by atoms with van der Waals surface area (Å²) in [6.07, 6.45) is -1.50. The van der Waals surface area contributed by atoms with Gasteiger partial charge >= 0.3 is 13.6 Å². The molecule has 0 bridgehead atoms. The minimum Gasteiger partial charge on any atom is -0.458 e. The summed E-state index contributed by atoms with van der Waals surface area (Å²) in [7, 11) is -5.02. The summed E-state index contributed by atoms with van der Waals surface area (Å²) in [6.45, 7) is 4.12. The zero-order valence-electron chi connectivity index (χ0n) is 17.4. The van der Waals surface area contributed by atoms with Crippen molar-refractivity contribution in [3.8, 4) is 6.07 Å². The third kappa shape index (κ3) is 5.21. The first-order chi connectivity index (χ1) is 14.8. The molecule has 15 heteroatoms. The van der Waals surface area contributed by atoms with Gasteiger partial charge in [0.2, 0.25) is 5.82 Å². The smallest absolute Gasteiger partial charge is 0.365 e. The van der Waals surface area contributed by atoms with Crippen LogP contribution in [0.5, 0.6) is 0 Å². The second kappa shape index (κ2) is 8.70. The Hall–Kier alpha value is -2.66. The number of carbonyl (C=O) groups is 1. The van der Waals surface area contributed by atoms with Crippen LogP contribution < -0.4 is 5.73 Å². The van der Waals surface area contributed by atoms with Crippen LogP contribution in [-0.4, -0.2) is 70.6 Å². The molecule has 0 radical (unpaired) electrons. The van der Waals surface area contributed by atoms with Gasteiger partial charge in [0.05, 0.1) is 19.0 Å². The van der Waals surface area contributed by atoms with E-state index in [0.717, 1.165) is 0 Å². The number of aromatic nitrogens is 4. The average Bonchev–Trinajstić information content (AvgIpc) is 3.23. The summed E-state index contributed by atoms with van der Waals surface area (Å²) in [6, 6.07) is 1.79. The summed E-state index contributed by atoms with van der Waals surface area (Å²) in [5.41, 5.74) is 5.26. The van der Waals surface area contributed by atoms with Crippen molar-refractivity contribution in [2.24, 2.45) is 0 Å². The lowest BCUT2D eigenvalue weighted by molar-refractivity contribution is -0.166. The number of nitrogen functional groups attached to an aromatic ring is 1. The van der Waals surface area contributed by atoms with Crippen LogP contribution >= 0.6 is 7.60 Å². The quantitative estimate of drug-likeness (QED) is 0.318. The SMILES string of the molecule is CC(C)(C)OC(=O)C(OC[C@H]1O[C@@H](n2cnc3c(N)nc(C#N)nc32)C[C@@H]1O)P(=O)(O)O. The molecule has 32 heavy (non-hydrogen) atoms. The van der Waals surface area contributed by atoms with Gasteiger partial charge < -0.3 is 34.8 Å². The van der Waals surface area contributed by atoms with Crippen LogP contribution in [0, 0.1) is 11.3 Å². The standard InChI is InChI=1S/C17H23N6O8P/c1-17(2,3)31-15(25)16(32(26,27)28)29-6-9-8(24)4-11(30-9)23-7-20-12-13(19)21-10(5-18)22-14(12)23/h7-9,11,16,24H,4,6H2,1-3H3,(H2,19,21,22)(H2,26,27,28)/t8-,9+,11+,16?/m0/s1. The molecule has 3 heterocycles. The van der Waals surface area contributed by atoms with Crippen LogP contribution in [0.4, 0.5) is 5.82 Å². The highest BCUT2D eigenvalue weighted by molar-refractivity contribution is 7.53. The molecule has 14 nitrogen and oxygen atoms in total. The van der Waals surface area contributed by atoms with E-state index >= 15 is 0 Å². The van der Waals surface area contributed by atoms with Crippen molar-refractivity contribution >= 4 is 30.5 Å². The van der Waals surface area contributed by atoms with Crippen molar-refractivity contribution in [3.63, 3.8) is 0 Å². The molecule has 1 fully saturated rings. The second-order valence-electron chi connectivity index (χ2n) is 8.11. The number of rotatable bonds is 6. The van der Waals surface area contributed by atoms with E-state index in [0.29, 0.717) is 0 Å². The van der Waals surface area contributed by atoms with Gasteiger partial charge in [-0.2, -0.15) is 15.2 Å². The number of hydrogen-bond donors (Lipinski definition) is 4. The van der Waals surface area contributed by atoms with E-state index in [1.54, 1.807) is 26.8 Å². The third-order valence-corrected chi connectivity index (χ3v) is 5.37. The fourth-order valence-electron chi connectivity index (χ4n) is 3.08. The van der Waals surface area contributed by atoms with Gasteiger partial charge in [-0.1, -0.05) is 0 Å². The number of esters is 1. The van der Waals surface area contributed by atoms with Crippen molar-refractivity contribution < 1.29 is 38.5 Å². The van der Waals surface area contributed by atoms with Crippen molar-refractivity contribution in [2.45, 2.75) is 57.1 Å². The molecule has 1 aliphatic heterocycles. The van der Waals surface area contributed by atoms with E-state index in [1.165, 1.54) is 10.9 Å². The van der Waals surface area contributed by atoms with E-state index in [1.807, 2.05) is 0 Å². The fraction of sp³-hybridized carbons (Fsp3) is 0.588. The van der Waals surface area contributed by atoms with Gasteiger partial charge in [-0.05, 0) is 20.8 Å². The van der Waals surface area contributed by atoms with Crippen LogP contribution in [0.3, 0.4) is 0 Å². The molecule has 0 aliphatic carbocycles. The molecule has 5 N–H and O–H groups in total. The number of ether oxygens (including phenoxy) is 3. The van der Waals surface area contributed by atoms with Crippen LogP contribution in [0.15, 0.2) is 6.33 Å². The Labute approximate surface area is 182 Å². The first kappa shape index (κ1) is 24.0. The van der Waals surface area contributed by atoms with E-state index in [-0.39, 0.29) is 29.2 Å². The number of nitriles is 1. The predicted octanol–water partition coefficient (Wildman–Crippen LogP) is -0.209. The number of imidazole rings is 1. The Morgan fingerprint density at radius 1 is 1.47 bits per heavy atom. The highest BCUT2D eigenvalue weighted by atomic mass is 31.2. The molecule has 0 aromatic carbocycles. The molecule has 3 rings (SSSR count). The summed E-state index contributed by atoms with van der Waals surface area (Å²) >= 11 is 0. The lowest BCUT2D eigenvalue weighted by Crippen LogP contribution is -2.36. The Bertz CT molecular complexity index is 1100. The van der Waals surface area contributed by atoms with Gasteiger partial charge in [-0.3, -0.25) is 9.13 Å². The number of aliphatic hydroxyl groups excluding tert-OH is 1. The maximum atomic E-state index is 12.2. The van der Waals surface area contributed by atoms with Crippen molar-refractivity contribution in [1.82, 2.24) is 19.5 Å². The molecule has 0 saturated carbocycles. The Balaban J connectivity index is 1.75. The lowest BCUT2D eigenvalue weighted by Gasteiger charge is -2.25. The number of nitrogens with zero attached hydrogens (tertiary/aromatic N) is 5. The normalized spacial score (nSPS) is 22.6. The molecule has 2 aromatic rings. The zero-order valence-corrected chi connectivity index (χ0v) is 18.3. The Morgan fingerprint density at radius 3 is 2.75 bits per heavy atom. The van der Waals surface area contributed by atoms with E-state index in [2.05, 4.69) is 15.0 Å². The first-order valence-electron chi connectivity index (χ1n) is 9.43. The lowest BCUT2D eigenvalue weighted by atomic mass is 10.2. The molecule has 0 amide bonds. The summed E-state index contributed by atoms with van der Waals surface area (Å²) in [5.74, 6) is -3.56. The van der Waals surface area contributed by atoms with E-state index in [4.69, 9.17) is 25.2 Å². The maximum absolute atomic E-state index is 12.2. The molecule has 1 aliphatic rings. The largest absolute Gasteiger partial charge is 0.458 e. The number of carbonyl (C=O) groups excluding carboxylic acids is 1. The molecule has 4 atom stereocenters. The zero-order chi connectivity index (χ0) is 23.8.